The topological polar surface area (TPSA) is 52.9 Å². The molecule has 0 aromatic heterocycles. The number of nitrogens with one attached hydrogen (secondary N) is 1. The first-order valence-electron chi connectivity index (χ1n) is 1.83. The van der Waals surface area contributed by atoms with Crippen LogP contribution in [-0.4, -0.2) is 12.5 Å². The molecular formula is C5H3N2O. The largest absolute Gasteiger partial charge is 0.322 e. The molecule has 0 fully saturated rings. The molecule has 1 unspecified atom stereocenters. The quantitative estimate of drug-likeness (QED) is 0.370. The van der Waals surface area contributed by atoms with Crippen molar-refractivity contribution in [1.29, 1.82) is 5.26 Å². The van der Waals surface area contributed by atoms with Gasteiger partial charge in [-0.05, 0) is 0 Å². The van der Waals surface area contributed by atoms with Gasteiger partial charge in [0.1, 0.15) is 6.07 Å². The van der Waals surface area contributed by atoms with E-state index in [4.69, 9.17) is 11.7 Å². The number of carbonyl (C=O) groups excluding carboxylic acids is 1. The predicted octanol–water partition coefficient (Wildman–Crippen LogP) is -0.831. The van der Waals surface area contributed by atoms with Crippen LogP contribution in [0.2, 0.25) is 0 Å². The summed E-state index contributed by atoms with van der Waals surface area (Å²) in [5.41, 5.74) is 0. The molecule has 0 aliphatic rings. The zero-order valence-corrected chi connectivity index (χ0v) is 4.01. The lowest BCUT2D eigenvalue weighted by molar-refractivity contribution is 0.542. The van der Waals surface area contributed by atoms with Crippen molar-refractivity contribution in [2.24, 2.45) is 0 Å². The van der Waals surface area contributed by atoms with Gasteiger partial charge in [-0.15, -0.1) is 6.42 Å². The van der Waals surface area contributed by atoms with Crippen molar-refractivity contribution in [3.05, 3.63) is 0 Å². The number of amides is 1. The van der Waals surface area contributed by atoms with E-state index in [2.05, 4.69) is 0 Å². The van der Waals surface area contributed by atoms with Gasteiger partial charge in [-0.3, -0.25) is 4.79 Å². The fourth-order valence-corrected chi connectivity index (χ4v) is 0.170. The molecule has 1 radical (unpaired) electrons. The molecule has 1 N–H and O–H groups in total. The SMILES string of the molecule is C#CC(C#N)N[C]=O. The third-order valence-electron chi connectivity index (χ3n) is 0.499. The lowest BCUT2D eigenvalue weighted by Crippen LogP contribution is -2.23. The average Bonchev–Trinajstić information content (AvgIpc) is 1.83. The molecule has 1 amide bonds. The van der Waals surface area contributed by atoms with Crippen LogP contribution in [0.4, 0.5) is 0 Å². The summed E-state index contributed by atoms with van der Waals surface area (Å²) in [7, 11) is 0. The second kappa shape index (κ2) is 3.70. The standard InChI is InChI=1S/C5H3N2O/c1-2-5(3-6)7-4-8/h1,5H,(H,7,8). The van der Waals surface area contributed by atoms with Crippen LogP contribution in [0, 0.1) is 23.7 Å². The Balaban J connectivity index is 3.62. The van der Waals surface area contributed by atoms with E-state index in [1.807, 2.05) is 11.2 Å². The van der Waals surface area contributed by atoms with E-state index in [1.165, 1.54) is 6.41 Å². The maximum absolute atomic E-state index is 9.45. The molecule has 0 heterocycles. The Labute approximate surface area is 47.3 Å². The first-order chi connectivity index (χ1) is 3.85. The summed E-state index contributed by atoms with van der Waals surface area (Å²) in [6.07, 6.45) is 6.06. The average molecular weight is 107 g/mol. The lowest BCUT2D eigenvalue weighted by atomic mass is 10.4. The minimum absolute atomic E-state index is 0.840. The van der Waals surface area contributed by atoms with Crippen molar-refractivity contribution in [3.8, 4) is 18.4 Å². The normalized spacial score (nSPS) is 10.2. The van der Waals surface area contributed by atoms with Gasteiger partial charge in [0.15, 0.2) is 6.04 Å². The molecular weight excluding hydrogens is 104 g/mol. The van der Waals surface area contributed by atoms with Crippen LogP contribution in [-0.2, 0) is 4.79 Å². The zero-order chi connectivity index (χ0) is 6.41. The maximum atomic E-state index is 9.45. The highest BCUT2D eigenvalue weighted by Crippen LogP contribution is 1.69. The van der Waals surface area contributed by atoms with Crippen LogP contribution < -0.4 is 5.32 Å². The van der Waals surface area contributed by atoms with Gasteiger partial charge in [0.05, 0.1) is 0 Å². The van der Waals surface area contributed by atoms with Crippen molar-refractivity contribution in [2.75, 3.05) is 0 Å². The molecule has 0 saturated carbocycles. The zero-order valence-electron chi connectivity index (χ0n) is 4.01. The van der Waals surface area contributed by atoms with E-state index < -0.39 is 6.04 Å². The first kappa shape index (κ1) is 6.52. The highest BCUT2D eigenvalue weighted by atomic mass is 16.1. The molecule has 3 heteroatoms. The summed E-state index contributed by atoms with van der Waals surface area (Å²) in [5, 5.41) is 10.0. The van der Waals surface area contributed by atoms with E-state index >= 15 is 0 Å². The summed E-state index contributed by atoms with van der Waals surface area (Å²) >= 11 is 0. The minimum atomic E-state index is -0.840. The second-order valence-electron chi connectivity index (χ2n) is 0.975. The molecule has 0 rings (SSSR count). The Morgan fingerprint density at radius 2 is 2.38 bits per heavy atom. The predicted molar refractivity (Wildman–Crippen MR) is 27.1 cm³/mol. The van der Waals surface area contributed by atoms with Crippen molar-refractivity contribution in [2.45, 2.75) is 6.04 Å². The molecule has 8 heavy (non-hydrogen) atoms. The molecule has 0 saturated heterocycles. The van der Waals surface area contributed by atoms with E-state index in [1.54, 1.807) is 6.07 Å². The summed E-state index contributed by atoms with van der Waals surface area (Å²) < 4.78 is 0. The van der Waals surface area contributed by atoms with Crippen molar-refractivity contribution in [1.82, 2.24) is 5.32 Å². The highest BCUT2D eigenvalue weighted by molar-refractivity contribution is 5.50. The van der Waals surface area contributed by atoms with Crippen LogP contribution >= 0.6 is 0 Å². The van der Waals surface area contributed by atoms with Crippen LogP contribution in [0.15, 0.2) is 0 Å². The Kier molecular flexibility index (Phi) is 3.02. The fourth-order valence-electron chi connectivity index (χ4n) is 0.170. The van der Waals surface area contributed by atoms with Gasteiger partial charge in [-0.25, -0.2) is 0 Å². The molecule has 3 nitrogen and oxygen atoms in total. The fraction of sp³-hybridized carbons (Fsp3) is 0.200. The van der Waals surface area contributed by atoms with Gasteiger partial charge in [-0.1, -0.05) is 5.92 Å². The molecule has 39 valence electrons. The molecule has 0 aromatic carbocycles. The van der Waals surface area contributed by atoms with Gasteiger partial charge < -0.3 is 5.32 Å². The third-order valence-corrected chi connectivity index (χ3v) is 0.499. The molecule has 1 atom stereocenters. The number of nitrogens with zero attached hydrogens (tertiary/aromatic N) is 1. The number of hydrogen-bond acceptors (Lipinski definition) is 2. The Bertz CT molecular complexity index is 137. The molecule has 0 aliphatic carbocycles. The minimum Gasteiger partial charge on any atom is -0.322 e. The summed E-state index contributed by atoms with van der Waals surface area (Å²) in [6.45, 7) is 0. The van der Waals surface area contributed by atoms with Gasteiger partial charge in [-0.2, -0.15) is 5.26 Å². The molecule has 0 aliphatic heterocycles. The third kappa shape index (κ3) is 1.84. The van der Waals surface area contributed by atoms with Crippen LogP contribution in [0.5, 0.6) is 0 Å². The number of hydrogen-bond donors (Lipinski definition) is 1. The Morgan fingerprint density at radius 3 is 2.50 bits per heavy atom. The number of terminal acetylenes is 1. The number of rotatable bonds is 2. The molecule has 0 bridgehead atoms. The molecule has 0 aromatic rings. The van der Waals surface area contributed by atoms with Gasteiger partial charge >= 0.3 is 6.41 Å². The lowest BCUT2D eigenvalue weighted by Gasteiger charge is -1.91. The molecule has 0 spiro atoms. The summed E-state index contributed by atoms with van der Waals surface area (Å²) in [5.74, 6) is 2.02. The van der Waals surface area contributed by atoms with Crippen LogP contribution in [0.25, 0.3) is 0 Å². The van der Waals surface area contributed by atoms with Gasteiger partial charge in [0.2, 0.25) is 0 Å². The smallest absolute Gasteiger partial charge is 0.311 e. The van der Waals surface area contributed by atoms with Crippen molar-refractivity contribution >= 4 is 6.41 Å². The first-order valence-corrected chi connectivity index (χ1v) is 1.83. The summed E-state index contributed by atoms with van der Waals surface area (Å²) in [6, 6.07) is 0.803. The van der Waals surface area contributed by atoms with E-state index in [0.717, 1.165) is 0 Å². The summed E-state index contributed by atoms with van der Waals surface area (Å²) in [4.78, 5) is 9.45. The van der Waals surface area contributed by atoms with Crippen LogP contribution in [0.3, 0.4) is 0 Å². The van der Waals surface area contributed by atoms with Crippen LogP contribution in [0.1, 0.15) is 0 Å². The second-order valence-corrected chi connectivity index (χ2v) is 0.975. The Hall–Kier alpha value is -1.48. The monoisotopic (exact) mass is 107 g/mol. The maximum Gasteiger partial charge on any atom is 0.311 e. The number of nitriles is 1. The van der Waals surface area contributed by atoms with E-state index in [-0.39, 0.29) is 0 Å². The van der Waals surface area contributed by atoms with Gasteiger partial charge in [0, 0.05) is 0 Å². The van der Waals surface area contributed by atoms with Crippen molar-refractivity contribution < 1.29 is 4.79 Å². The Morgan fingerprint density at radius 1 is 1.75 bits per heavy atom. The van der Waals surface area contributed by atoms with Crippen molar-refractivity contribution in [3.63, 3.8) is 0 Å². The van der Waals surface area contributed by atoms with E-state index in [0.29, 0.717) is 0 Å². The van der Waals surface area contributed by atoms with Gasteiger partial charge in [0.25, 0.3) is 0 Å². The highest BCUT2D eigenvalue weighted by Gasteiger charge is 1.95. The van der Waals surface area contributed by atoms with E-state index in [9.17, 15) is 4.79 Å².